The maximum absolute atomic E-state index is 5.70. The molecule has 0 atom stereocenters. The first kappa shape index (κ1) is 24.6. The van der Waals surface area contributed by atoms with Gasteiger partial charge in [0.2, 0.25) is 5.88 Å². The average molecular weight is 536 g/mol. The molecule has 3 aromatic rings. The van der Waals surface area contributed by atoms with Gasteiger partial charge in [0.15, 0.2) is 5.96 Å². The van der Waals surface area contributed by atoms with E-state index in [1.165, 1.54) is 0 Å². The summed E-state index contributed by atoms with van der Waals surface area (Å²) in [6.45, 7) is 2.11. The number of hydrogen-bond acceptors (Lipinski definition) is 5. The minimum Gasteiger partial charge on any atom is -0.475 e. The number of halogens is 1. The molecule has 0 saturated carbocycles. The lowest BCUT2D eigenvalue weighted by Gasteiger charge is -2.21. The van der Waals surface area contributed by atoms with E-state index in [-0.39, 0.29) is 24.0 Å². The summed E-state index contributed by atoms with van der Waals surface area (Å²) in [5, 5.41) is 3.36. The van der Waals surface area contributed by atoms with Crippen LogP contribution in [-0.2, 0) is 17.8 Å². The van der Waals surface area contributed by atoms with Gasteiger partial charge in [0.1, 0.15) is 12.4 Å². The maximum Gasteiger partial charge on any atom is 0.218 e. The number of methoxy groups -OCH3 is 1. The minimum atomic E-state index is 0. The third kappa shape index (κ3) is 7.21. The molecule has 0 fully saturated rings. The number of nitrogens with one attached hydrogen (secondary N) is 2. The minimum absolute atomic E-state index is 0. The van der Waals surface area contributed by atoms with Crippen LogP contribution in [0.25, 0.3) is 11.3 Å². The van der Waals surface area contributed by atoms with Crippen molar-refractivity contribution in [2.45, 2.75) is 13.1 Å². The van der Waals surface area contributed by atoms with Crippen LogP contribution in [0.5, 0.6) is 5.88 Å². The van der Waals surface area contributed by atoms with E-state index in [1.54, 1.807) is 20.4 Å². The summed E-state index contributed by atoms with van der Waals surface area (Å²) in [5.74, 6) is 2.21. The molecule has 0 aliphatic heterocycles. The molecule has 0 spiro atoms. The number of ether oxygens (including phenoxy) is 2. The summed E-state index contributed by atoms with van der Waals surface area (Å²) in [6, 6.07) is 14.0. The Morgan fingerprint density at radius 1 is 1.13 bits per heavy atom. The first-order valence-corrected chi connectivity index (χ1v) is 9.78. The molecule has 0 aliphatic rings. The number of H-pyrrole nitrogens is 1. The van der Waals surface area contributed by atoms with Gasteiger partial charge in [-0.2, -0.15) is 0 Å². The Bertz CT molecular complexity index is 948. The van der Waals surface area contributed by atoms with Gasteiger partial charge >= 0.3 is 0 Å². The fraction of sp³-hybridized carbons (Fsp3) is 0.318. The van der Waals surface area contributed by atoms with Crippen molar-refractivity contribution in [3.8, 4) is 17.1 Å². The largest absolute Gasteiger partial charge is 0.475 e. The van der Waals surface area contributed by atoms with Crippen molar-refractivity contribution >= 4 is 29.9 Å². The van der Waals surface area contributed by atoms with Crippen LogP contribution < -0.4 is 10.1 Å². The Labute approximate surface area is 200 Å². The highest BCUT2D eigenvalue weighted by Crippen LogP contribution is 2.17. The van der Waals surface area contributed by atoms with Gasteiger partial charge in [-0.25, -0.2) is 9.97 Å². The average Bonchev–Trinajstić information content (AvgIpc) is 3.24. The lowest BCUT2D eigenvalue weighted by Crippen LogP contribution is -2.38. The summed E-state index contributed by atoms with van der Waals surface area (Å²) in [6.07, 6.45) is 3.57. The highest BCUT2D eigenvalue weighted by molar-refractivity contribution is 14.0. The van der Waals surface area contributed by atoms with Crippen LogP contribution in [0.2, 0.25) is 0 Å². The number of nitrogens with zero attached hydrogens (tertiary/aromatic N) is 4. The predicted molar refractivity (Wildman–Crippen MR) is 133 cm³/mol. The number of guanidine groups is 1. The number of rotatable bonds is 9. The van der Waals surface area contributed by atoms with Crippen molar-refractivity contribution in [2.75, 3.05) is 34.4 Å². The summed E-state index contributed by atoms with van der Waals surface area (Å²) in [5.41, 5.74) is 3.06. The third-order valence-corrected chi connectivity index (χ3v) is 4.49. The second-order valence-corrected chi connectivity index (χ2v) is 6.68. The van der Waals surface area contributed by atoms with Crippen LogP contribution in [-0.4, -0.2) is 60.2 Å². The van der Waals surface area contributed by atoms with Crippen LogP contribution in [0.4, 0.5) is 0 Å². The fourth-order valence-electron chi connectivity index (χ4n) is 2.98. The normalized spacial score (nSPS) is 11.0. The quantitative estimate of drug-likeness (QED) is 0.189. The highest BCUT2D eigenvalue weighted by atomic mass is 127. The number of aromatic amines is 1. The first-order valence-electron chi connectivity index (χ1n) is 9.78. The van der Waals surface area contributed by atoms with E-state index in [1.807, 2.05) is 48.5 Å². The van der Waals surface area contributed by atoms with Gasteiger partial charge in [0, 0.05) is 39.5 Å². The molecule has 2 N–H and O–H groups in total. The van der Waals surface area contributed by atoms with Crippen molar-refractivity contribution in [2.24, 2.45) is 4.99 Å². The molecular weight excluding hydrogens is 507 g/mol. The van der Waals surface area contributed by atoms with E-state index in [0.717, 1.165) is 28.6 Å². The molecule has 2 heterocycles. The van der Waals surface area contributed by atoms with E-state index in [2.05, 4.69) is 37.4 Å². The Morgan fingerprint density at radius 3 is 2.68 bits per heavy atom. The van der Waals surface area contributed by atoms with Gasteiger partial charge in [-0.15, -0.1) is 24.0 Å². The van der Waals surface area contributed by atoms with E-state index < -0.39 is 0 Å². The fourth-order valence-corrected chi connectivity index (χ4v) is 2.98. The number of aromatic nitrogens is 3. The van der Waals surface area contributed by atoms with Crippen LogP contribution in [0.3, 0.4) is 0 Å². The van der Waals surface area contributed by atoms with E-state index >= 15 is 0 Å². The summed E-state index contributed by atoms with van der Waals surface area (Å²) in [4.78, 5) is 18.6. The molecule has 31 heavy (non-hydrogen) atoms. The molecule has 0 unspecified atom stereocenters. The summed E-state index contributed by atoms with van der Waals surface area (Å²) >= 11 is 0. The lowest BCUT2D eigenvalue weighted by molar-refractivity contribution is 0.143. The van der Waals surface area contributed by atoms with Crippen molar-refractivity contribution in [1.82, 2.24) is 25.2 Å². The number of benzene rings is 1. The maximum atomic E-state index is 5.70. The molecule has 2 aromatic heterocycles. The molecular formula is C22H29IN6O2. The van der Waals surface area contributed by atoms with Crippen molar-refractivity contribution in [1.29, 1.82) is 0 Å². The first-order chi connectivity index (χ1) is 14.7. The van der Waals surface area contributed by atoms with Crippen molar-refractivity contribution in [3.63, 3.8) is 0 Å². The van der Waals surface area contributed by atoms with Gasteiger partial charge in [-0.3, -0.25) is 4.99 Å². The van der Waals surface area contributed by atoms with Crippen LogP contribution in [0.15, 0.2) is 59.9 Å². The molecule has 0 bridgehead atoms. The molecule has 0 saturated heterocycles. The number of imidazole rings is 1. The molecule has 0 radical (unpaired) electrons. The standard InChI is InChI=1S/C22H28N6O2.HI/c1-23-22(26-14-18-10-7-11-24-21(18)30-13-12-29-3)28(2)16-20-25-15-19(27-20)17-8-5-4-6-9-17;/h4-11,15H,12-14,16H2,1-3H3,(H,23,26)(H,25,27);1H. The Morgan fingerprint density at radius 2 is 1.94 bits per heavy atom. The van der Waals surface area contributed by atoms with Gasteiger partial charge in [0.05, 0.1) is 25.0 Å². The van der Waals surface area contributed by atoms with Gasteiger partial charge in [-0.1, -0.05) is 36.4 Å². The molecule has 9 heteroatoms. The Kier molecular flexibility index (Phi) is 10.2. The van der Waals surface area contributed by atoms with Crippen LogP contribution in [0.1, 0.15) is 11.4 Å². The molecule has 0 amide bonds. The molecule has 8 nitrogen and oxygen atoms in total. The molecule has 0 aliphatic carbocycles. The second kappa shape index (κ2) is 12.9. The Balaban J connectivity index is 0.00000341. The SMILES string of the molecule is CN=C(NCc1cccnc1OCCOC)N(C)Cc1ncc(-c2ccccc2)[nH]1.I. The van der Waals surface area contributed by atoms with Crippen LogP contribution in [0, 0.1) is 0 Å². The molecule has 3 rings (SSSR count). The third-order valence-electron chi connectivity index (χ3n) is 4.49. The monoisotopic (exact) mass is 536 g/mol. The number of pyridine rings is 1. The summed E-state index contributed by atoms with van der Waals surface area (Å²) < 4.78 is 10.7. The topological polar surface area (TPSA) is 87.7 Å². The Hall–Kier alpha value is -2.66. The van der Waals surface area contributed by atoms with Crippen molar-refractivity contribution in [3.05, 3.63) is 66.2 Å². The van der Waals surface area contributed by atoms with Gasteiger partial charge in [0.25, 0.3) is 0 Å². The van der Waals surface area contributed by atoms with E-state index in [0.29, 0.717) is 32.2 Å². The number of aliphatic imine (C=N–C) groups is 1. The van der Waals surface area contributed by atoms with Crippen molar-refractivity contribution < 1.29 is 9.47 Å². The zero-order valence-electron chi connectivity index (χ0n) is 18.0. The second-order valence-electron chi connectivity index (χ2n) is 6.68. The number of hydrogen-bond donors (Lipinski definition) is 2. The smallest absolute Gasteiger partial charge is 0.218 e. The molecule has 1 aromatic carbocycles. The molecule has 166 valence electrons. The van der Waals surface area contributed by atoms with Gasteiger partial charge < -0.3 is 24.7 Å². The van der Waals surface area contributed by atoms with E-state index in [9.17, 15) is 0 Å². The zero-order valence-corrected chi connectivity index (χ0v) is 20.4. The lowest BCUT2D eigenvalue weighted by atomic mass is 10.2. The predicted octanol–water partition coefficient (Wildman–Crippen LogP) is 3.32. The zero-order chi connectivity index (χ0) is 21.2. The van der Waals surface area contributed by atoms with Crippen LogP contribution >= 0.6 is 24.0 Å². The van der Waals surface area contributed by atoms with Gasteiger partial charge in [-0.05, 0) is 11.6 Å². The highest BCUT2D eigenvalue weighted by Gasteiger charge is 2.11. The van der Waals surface area contributed by atoms with E-state index in [4.69, 9.17) is 9.47 Å². The summed E-state index contributed by atoms with van der Waals surface area (Å²) in [7, 11) is 5.38.